The van der Waals surface area contributed by atoms with Gasteiger partial charge in [-0.05, 0) is 11.8 Å². The molecule has 2 unspecified atom stereocenters. The molecule has 0 aromatic heterocycles. The molecule has 0 saturated heterocycles. The highest BCUT2D eigenvalue weighted by Gasteiger charge is 2.77. The fourth-order valence-electron chi connectivity index (χ4n) is 1.17. The molecule has 0 rings (SSSR count). The number of hydrogen-bond donors (Lipinski definition) is 0. The Balaban J connectivity index is 4.85. The maximum Gasteiger partial charge on any atom is 0.460 e. The second kappa shape index (κ2) is 6.17. The molecular weight excluding hydrogens is 297 g/mol. The molecule has 0 aliphatic heterocycles. The summed E-state index contributed by atoms with van der Waals surface area (Å²) in [5, 5.41) is 0. The molecule has 0 spiro atoms. The monoisotopic (exact) mass is 312 g/mol. The van der Waals surface area contributed by atoms with Gasteiger partial charge in [0.05, 0.1) is 6.61 Å². The van der Waals surface area contributed by atoms with Gasteiger partial charge in [-0.1, -0.05) is 27.2 Å². The number of hydrogen-bond acceptors (Lipinski definition) is 2. The molecule has 0 heterocycles. The summed E-state index contributed by atoms with van der Waals surface area (Å²) < 4.78 is 90.2. The summed E-state index contributed by atoms with van der Waals surface area (Å²) in [6.45, 7) is 4.30. The zero-order chi connectivity index (χ0) is 16.4. The van der Waals surface area contributed by atoms with E-state index in [9.17, 15) is 35.5 Å². The van der Waals surface area contributed by atoms with E-state index >= 15 is 0 Å². The van der Waals surface area contributed by atoms with Crippen LogP contribution < -0.4 is 0 Å². The van der Waals surface area contributed by atoms with E-state index in [4.69, 9.17) is 0 Å². The van der Waals surface area contributed by atoms with Gasteiger partial charge in [-0.3, -0.25) is 0 Å². The second-order valence-electron chi connectivity index (χ2n) is 4.61. The predicted molar refractivity (Wildman–Crippen MR) is 55.5 cm³/mol. The Labute approximate surface area is 111 Å². The first-order chi connectivity index (χ1) is 8.79. The van der Waals surface area contributed by atoms with Gasteiger partial charge in [0, 0.05) is 0 Å². The Morgan fingerprint density at radius 1 is 1.00 bits per heavy atom. The summed E-state index contributed by atoms with van der Waals surface area (Å²) in [4.78, 5) is 10.8. The fourth-order valence-corrected chi connectivity index (χ4v) is 1.17. The molecule has 20 heavy (non-hydrogen) atoms. The minimum Gasteiger partial charge on any atom is -0.461 e. The third-order valence-corrected chi connectivity index (χ3v) is 3.10. The van der Waals surface area contributed by atoms with Crippen LogP contribution in [0.2, 0.25) is 0 Å². The lowest BCUT2D eigenvalue weighted by atomic mass is 9.94. The zero-order valence-corrected chi connectivity index (χ0v) is 11.0. The van der Waals surface area contributed by atoms with Crippen molar-refractivity contribution in [3.63, 3.8) is 0 Å². The first-order valence-electron chi connectivity index (χ1n) is 5.78. The molecule has 120 valence electrons. The quantitative estimate of drug-likeness (QED) is 0.546. The molecule has 0 fully saturated rings. The van der Waals surface area contributed by atoms with E-state index < -0.39 is 36.5 Å². The van der Waals surface area contributed by atoms with E-state index in [2.05, 4.69) is 4.74 Å². The molecule has 2 nitrogen and oxygen atoms in total. The van der Waals surface area contributed by atoms with Crippen molar-refractivity contribution < 1.29 is 40.3 Å². The molecule has 0 saturated carbocycles. The van der Waals surface area contributed by atoms with Crippen LogP contribution in [0.15, 0.2) is 0 Å². The summed E-state index contributed by atoms with van der Waals surface area (Å²) in [5.74, 6) is -15.8. The van der Waals surface area contributed by atoms with Crippen LogP contribution in [-0.4, -0.2) is 30.6 Å². The second-order valence-corrected chi connectivity index (χ2v) is 4.61. The van der Waals surface area contributed by atoms with Gasteiger partial charge >= 0.3 is 24.0 Å². The van der Waals surface area contributed by atoms with Gasteiger partial charge in [-0.15, -0.1) is 0 Å². The molecule has 9 heteroatoms. The van der Waals surface area contributed by atoms with E-state index in [1.807, 2.05) is 0 Å². The van der Waals surface area contributed by atoms with Gasteiger partial charge in [0.2, 0.25) is 0 Å². The largest absolute Gasteiger partial charge is 0.461 e. The molecule has 2 atom stereocenters. The Morgan fingerprint density at radius 2 is 1.45 bits per heavy atom. The van der Waals surface area contributed by atoms with Crippen molar-refractivity contribution in [2.45, 2.75) is 45.2 Å². The molecule has 0 bridgehead atoms. The van der Waals surface area contributed by atoms with Crippen LogP contribution in [0, 0.1) is 11.8 Å². The van der Waals surface area contributed by atoms with Crippen LogP contribution in [0.25, 0.3) is 0 Å². The van der Waals surface area contributed by atoms with Crippen LogP contribution in [-0.2, 0) is 9.53 Å². The van der Waals surface area contributed by atoms with Crippen molar-refractivity contribution in [3.05, 3.63) is 0 Å². The van der Waals surface area contributed by atoms with Crippen molar-refractivity contribution in [2.75, 3.05) is 6.61 Å². The van der Waals surface area contributed by atoms with Crippen molar-refractivity contribution in [1.82, 2.24) is 0 Å². The van der Waals surface area contributed by atoms with Gasteiger partial charge in [-0.25, -0.2) is 4.79 Å². The highest BCUT2D eigenvalue weighted by Crippen LogP contribution is 2.47. The van der Waals surface area contributed by atoms with Gasteiger partial charge in [-0.2, -0.15) is 30.7 Å². The molecule has 0 aromatic carbocycles. The number of alkyl halides is 7. The lowest BCUT2D eigenvalue weighted by molar-refractivity contribution is -0.348. The molecule has 0 N–H and O–H groups in total. The summed E-state index contributed by atoms with van der Waals surface area (Å²) in [6, 6.07) is 0. The van der Waals surface area contributed by atoms with Crippen molar-refractivity contribution in [3.8, 4) is 0 Å². The predicted octanol–water partition coefficient (Wildman–Crippen LogP) is 4.04. The highest BCUT2D eigenvalue weighted by atomic mass is 19.4. The molecule has 0 radical (unpaired) electrons. The molecule has 0 aliphatic rings. The van der Waals surface area contributed by atoms with Crippen LogP contribution in [0.5, 0.6) is 0 Å². The van der Waals surface area contributed by atoms with Crippen LogP contribution >= 0.6 is 0 Å². The van der Waals surface area contributed by atoms with Gasteiger partial charge in [0.15, 0.2) is 0 Å². The number of carbonyl (C=O) groups excluding carboxylic acids is 1. The zero-order valence-electron chi connectivity index (χ0n) is 11.0. The Kier molecular flexibility index (Phi) is 5.86. The van der Waals surface area contributed by atoms with Crippen molar-refractivity contribution in [1.29, 1.82) is 0 Å². The third kappa shape index (κ3) is 3.76. The van der Waals surface area contributed by atoms with Gasteiger partial charge in [0.1, 0.15) is 0 Å². The van der Waals surface area contributed by atoms with E-state index in [0.717, 1.165) is 0 Å². The third-order valence-electron chi connectivity index (χ3n) is 3.10. The van der Waals surface area contributed by atoms with Gasteiger partial charge < -0.3 is 4.74 Å². The minimum absolute atomic E-state index is 0.0699. The average Bonchev–Trinajstić information content (AvgIpc) is 2.32. The topological polar surface area (TPSA) is 26.3 Å². The van der Waals surface area contributed by atoms with Crippen LogP contribution in [0.4, 0.5) is 30.7 Å². The van der Waals surface area contributed by atoms with E-state index in [1.165, 1.54) is 6.92 Å². The number of esters is 1. The number of carbonyl (C=O) groups is 1. The first-order valence-corrected chi connectivity index (χ1v) is 5.78. The normalized spacial score (nSPS) is 16.7. The number of halogens is 7. The average molecular weight is 312 g/mol. The number of rotatable bonds is 6. The summed E-state index contributed by atoms with van der Waals surface area (Å²) in [6.07, 6.45) is -5.94. The summed E-state index contributed by atoms with van der Waals surface area (Å²) in [7, 11) is 0. The SMILES string of the molecule is CCC(C)C(C)COC(=O)C(F)(F)C(F)(F)C(F)(F)F. The molecular formula is C11H15F7O2. The molecule has 0 aromatic rings. The Hall–Kier alpha value is -1.02. The lowest BCUT2D eigenvalue weighted by Crippen LogP contribution is -2.56. The van der Waals surface area contributed by atoms with Crippen LogP contribution in [0.1, 0.15) is 27.2 Å². The standard InChI is InChI=1S/C11H15F7O2/c1-4-6(2)7(3)5-20-8(19)9(12,13)10(14,15)11(16,17)18/h6-7H,4-5H2,1-3H3. The Bertz CT molecular complexity index is 338. The van der Waals surface area contributed by atoms with Crippen molar-refractivity contribution in [2.24, 2.45) is 11.8 Å². The Morgan fingerprint density at radius 3 is 1.80 bits per heavy atom. The number of ether oxygens (including phenoxy) is 1. The highest BCUT2D eigenvalue weighted by molar-refractivity contribution is 5.79. The fraction of sp³-hybridized carbons (Fsp3) is 0.909. The van der Waals surface area contributed by atoms with E-state index in [-0.39, 0.29) is 5.92 Å². The van der Waals surface area contributed by atoms with Gasteiger partial charge in [0.25, 0.3) is 0 Å². The first kappa shape index (κ1) is 19.0. The lowest BCUT2D eigenvalue weighted by Gasteiger charge is -2.27. The van der Waals surface area contributed by atoms with Crippen molar-refractivity contribution >= 4 is 5.97 Å². The summed E-state index contributed by atoms with van der Waals surface area (Å²) in [5.41, 5.74) is 0. The molecule has 0 aliphatic carbocycles. The molecule has 0 amide bonds. The van der Waals surface area contributed by atoms with E-state index in [0.29, 0.717) is 6.42 Å². The van der Waals surface area contributed by atoms with Crippen LogP contribution in [0.3, 0.4) is 0 Å². The summed E-state index contributed by atoms with van der Waals surface area (Å²) >= 11 is 0. The maximum absolute atomic E-state index is 12.9. The maximum atomic E-state index is 12.9. The minimum atomic E-state index is -6.54. The smallest absolute Gasteiger partial charge is 0.460 e. The van der Waals surface area contributed by atoms with E-state index in [1.54, 1.807) is 13.8 Å².